The Bertz CT molecular complexity index is 506. The lowest BCUT2D eigenvalue weighted by Crippen LogP contribution is -2.46. The molecule has 1 saturated carbocycles. The predicted octanol–water partition coefficient (Wildman–Crippen LogP) is 2.16. The molecule has 1 fully saturated rings. The highest BCUT2D eigenvalue weighted by atomic mass is 16.5. The average Bonchev–Trinajstić information content (AvgIpc) is 2.54. The molecular weight excluding hydrogens is 280 g/mol. The van der Waals surface area contributed by atoms with Crippen molar-refractivity contribution in [2.45, 2.75) is 38.7 Å². The molecule has 0 unspecified atom stereocenters. The number of hydrogen-bond acceptors (Lipinski definition) is 4. The number of carbonyl (C=O) groups excluding carboxylic acids is 1. The second kappa shape index (κ2) is 7.49. The summed E-state index contributed by atoms with van der Waals surface area (Å²) >= 11 is 0. The lowest BCUT2D eigenvalue weighted by molar-refractivity contribution is -0.120. The Morgan fingerprint density at radius 3 is 2.91 bits per heavy atom. The van der Waals surface area contributed by atoms with Gasteiger partial charge in [0.05, 0.1) is 25.4 Å². The number of nitrogens with one attached hydrogen (secondary N) is 2. The van der Waals surface area contributed by atoms with Crippen LogP contribution in [-0.2, 0) is 4.79 Å². The van der Waals surface area contributed by atoms with Gasteiger partial charge < -0.3 is 20.5 Å². The molecule has 22 heavy (non-hydrogen) atoms. The molecule has 5 nitrogen and oxygen atoms in total. The summed E-state index contributed by atoms with van der Waals surface area (Å²) in [7, 11) is 1.60. The van der Waals surface area contributed by atoms with Crippen LogP contribution < -0.4 is 15.4 Å². The Morgan fingerprint density at radius 2 is 2.18 bits per heavy atom. The molecule has 122 valence electrons. The van der Waals surface area contributed by atoms with E-state index in [-0.39, 0.29) is 24.0 Å². The Labute approximate surface area is 132 Å². The van der Waals surface area contributed by atoms with E-state index in [0.717, 1.165) is 31.4 Å². The Balaban J connectivity index is 1.81. The lowest BCUT2D eigenvalue weighted by atomic mass is 9.73. The summed E-state index contributed by atoms with van der Waals surface area (Å²) in [4.78, 5) is 12.0. The summed E-state index contributed by atoms with van der Waals surface area (Å²) < 4.78 is 5.24. The van der Waals surface area contributed by atoms with E-state index in [1.807, 2.05) is 31.2 Å². The molecule has 0 aliphatic heterocycles. The summed E-state index contributed by atoms with van der Waals surface area (Å²) in [5.41, 5.74) is 0.585. The number of amides is 1. The van der Waals surface area contributed by atoms with E-state index in [1.54, 1.807) is 7.11 Å². The average molecular weight is 306 g/mol. The molecular formula is C17H26N2O3. The van der Waals surface area contributed by atoms with Crippen molar-refractivity contribution in [2.75, 3.05) is 25.5 Å². The van der Waals surface area contributed by atoms with E-state index in [4.69, 9.17) is 4.74 Å². The van der Waals surface area contributed by atoms with Gasteiger partial charge in [0, 0.05) is 12.0 Å². The Hall–Kier alpha value is -1.75. The summed E-state index contributed by atoms with van der Waals surface area (Å²) in [6.45, 7) is 2.75. The molecule has 5 heteroatoms. The predicted molar refractivity (Wildman–Crippen MR) is 87.1 cm³/mol. The van der Waals surface area contributed by atoms with Crippen LogP contribution in [0.1, 0.15) is 32.6 Å². The number of methoxy groups -OCH3 is 1. The highest BCUT2D eigenvalue weighted by Gasteiger charge is 2.35. The molecule has 0 saturated heterocycles. The van der Waals surface area contributed by atoms with Gasteiger partial charge in [-0.3, -0.25) is 4.79 Å². The number of anilines is 1. The van der Waals surface area contributed by atoms with Crippen LogP contribution >= 0.6 is 0 Å². The molecule has 1 aliphatic rings. The number of carbonyl (C=O) groups is 1. The molecule has 1 aromatic carbocycles. The van der Waals surface area contributed by atoms with Crippen LogP contribution in [0, 0.1) is 5.41 Å². The van der Waals surface area contributed by atoms with Gasteiger partial charge in [0.25, 0.3) is 0 Å². The maximum atomic E-state index is 12.0. The zero-order valence-corrected chi connectivity index (χ0v) is 13.4. The number of ether oxygens (including phenoxy) is 1. The van der Waals surface area contributed by atoms with Crippen LogP contribution in [0.25, 0.3) is 0 Å². The number of benzene rings is 1. The zero-order valence-electron chi connectivity index (χ0n) is 13.4. The van der Waals surface area contributed by atoms with Crippen LogP contribution in [0.3, 0.4) is 0 Å². The fraction of sp³-hybridized carbons (Fsp3) is 0.588. The zero-order chi connectivity index (χ0) is 16.0. The van der Waals surface area contributed by atoms with Crippen molar-refractivity contribution >= 4 is 11.6 Å². The minimum Gasteiger partial charge on any atom is -0.495 e. The Morgan fingerprint density at radius 1 is 1.41 bits per heavy atom. The third-order valence-corrected chi connectivity index (χ3v) is 4.52. The quantitative estimate of drug-likeness (QED) is 0.753. The van der Waals surface area contributed by atoms with Crippen molar-refractivity contribution < 1.29 is 14.6 Å². The number of aliphatic hydroxyl groups is 1. The van der Waals surface area contributed by atoms with Gasteiger partial charge in [0.2, 0.25) is 5.91 Å². The SMILES string of the molecule is COc1ccccc1NCC(=O)NC[C@@]1(C)CCCC[C@H]1O. The van der Waals surface area contributed by atoms with Gasteiger partial charge in [-0.15, -0.1) is 0 Å². The molecule has 0 bridgehead atoms. The summed E-state index contributed by atoms with van der Waals surface area (Å²) in [5, 5.41) is 16.1. The highest BCUT2D eigenvalue weighted by molar-refractivity contribution is 5.81. The molecule has 1 amide bonds. The molecule has 2 rings (SSSR count). The fourth-order valence-electron chi connectivity index (χ4n) is 2.92. The van der Waals surface area contributed by atoms with Gasteiger partial charge in [0.1, 0.15) is 5.75 Å². The van der Waals surface area contributed by atoms with Crippen molar-refractivity contribution in [3.8, 4) is 5.75 Å². The monoisotopic (exact) mass is 306 g/mol. The number of rotatable bonds is 6. The van der Waals surface area contributed by atoms with Crippen LogP contribution in [0.4, 0.5) is 5.69 Å². The maximum Gasteiger partial charge on any atom is 0.239 e. The third-order valence-electron chi connectivity index (χ3n) is 4.52. The first kappa shape index (κ1) is 16.6. The molecule has 1 aromatic rings. The van der Waals surface area contributed by atoms with Crippen LogP contribution in [0.15, 0.2) is 24.3 Å². The largest absolute Gasteiger partial charge is 0.495 e. The third kappa shape index (κ3) is 4.13. The Kier molecular flexibility index (Phi) is 5.66. The fourth-order valence-corrected chi connectivity index (χ4v) is 2.92. The maximum absolute atomic E-state index is 12.0. The van der Waals surface area contributed by atoms with Crippen LogP contribution in [0.2, 0.25) is 0 Å². The normalized spacial score (nSPS) is 24.6. The molecule has 0 radical (unpaired) electrons. The minimum atomic E-state index is -0.330. The van der Waals surface area contributed by atoms with E-state index in [9.17, 15) is 9.90 Å². The lowest BCUT2D eigenvalue weighted by Gasteiger charge is -2.38. The number of aliphatic hydroxyl groups excluding tert-OH is 1. The first-order chi connectivity index (χ1) is 10.5. The second-order valence-corrected chi connectivity index (χ2v) is 6.25. The van der Waals surface area contributed by atoms with Gasteiger partial charge >= 0.3 is 0 Å². The first-order valence-corrected chi connectivity index (χ1v) is 7.87. The van der Waals surface area contributed by atoms with Crippen LogP contribution in [0.5, 0.6) is 5.75 Å². The summed E-state index contributed by atoms with van der Waals surface area (Å²) in [6, 6.07) is 7.50. The molecule has 0 spiro atoms. The topological polar surface area (TPSA) is 70.6 Å². The molecule has 0 aromatic heterocycles. The smallest absolute Gasteiger partial charge is 0.239 e. The number of hydrogen-bond donors (Lipinski definition) is 3. The van der Waals surface area contributed by atoms with Gasteiger partial charge in [-0.1, -0.05) is 31.9 Å². The van der Waals surface area contributed by atoms with Crippen LogP contribution in [-0.4, -0.2) is 37.3 Å². The first-order valence-electron chi connectivity index (χ1n) is 7.87. The second-order valence-electron chi connectivity index (χ2n) is 6.25. The van der Waals surface area contributed by atoms with E-state index < -0.39 is 0 Å². The molecule has 0 heterocycles. The van der Waals surface area contributed by atoms with Crippen molar-refractivity contribution in [2.24, 2.45) is 5.41 Å². The molecule has 3 N–H and O–H groups in total. The standard InChI is InChI=1S/C17H26N2O3/c1-17(10-6-5-9-15(17)20)12-19-16(21)11-18-13-7-3-4-8-14(13)22-2/h3-4,7-8,15,18,20H,5-6,9-12H2,1-2H3,(H,19,21)/t15-,17-/m1/s1. The highest BCUT2D eigenvalue weighted by Crippen LogP contribution is 2.35. The van der Waals surface area contributed by atoms with Crippen molar-refractivity contribution in [1.29, 1.82) is 0 Å². The van der Waals surface area contributed by atoms with Crippen molar-refractivity contribution in [3.63, 3.8) is 0 Å². The van der Waals surface area contributed by atoms with Gasteiger partial charge in [-0.25, -0.2) is 0 Å². The van der Waals surface area contributed by atoms with Crippen molar-refractivity contribution in [3.05, 3.63) is 24.3 Å². The van der Waals surface area contributed by atoms with E-state index in [0.29, 0.717) is 12.3 Å². The molecule has 2 atom stereocenters. The van der Waals surface area contributed by atoms with Crippen molar-refractivity contribution in [1.82, 2.24) is 5.32 Å². The van der Waals surface area contributed by atoms with Gasteiger partial charge in [-0.2, -0.15) is 0 Å². The number of para-hydroxylation sites is 2. The van der Waals surface area contributed by atoms with E-state index >= 15 is 0 Å². The minimum absolute atomic E-state index is 0.0788. The summed E-state index contributed by atoms with van der Waals surface area (Å²) in [6.07, 6.45) is 3.63. The van der Waals surface area contributed by atoms with Gasteiger partial charge in [0.15, 0.2) is 0 Å². The molecule has 1 aliphatic carbocycles. The summed E-state index contributed by atoms with van der Waals surface area (Å²) in [5.74, 6) is 0.634. The van der Waals surface area contributed by atoms with E-state index in [2.05, 4.69) is 10.6 Å². The van der Waals surface area contributed by atoms with E-state index in [1.165, 1.54) is 0 Å². The van der Waals surface area contributed by atoms with Gasteiger partial charge in [-0.05, 0) is 25.0 Å².